The Morgan fingerprint density at radius 1 is 1.35 bits per heavy atom. The van der Waals surface area contributed by atoms with E-state index in [9.17, 15) is 0 Å². The molecule has 20 heavy (non-hydrogen) atoms. The van der Waals surface area contributed by atoms with Gasteiger partial charge in [-0.25, -0.2) is 5.84 Å². The molecule has 0 aromatic carbocycles. The highest BCUT2D eigenvalue weighted by molar-refractivity contribution is 5.34. The average molecular weight is 282 g/mol. The Morgan fingerprint density at radius 2 is 2.20 bits per heavy atom. The Balaban J connectivity index is 1.87. The second kappa shape index (κ2) is 7.81. The quantitative estimate of drug-likeness (QED) is 0.474. The van der Waals surface area contributed by atoms with E-state index in [4.69, 9.17) is 15.3 Å². The van der Waals surface area contributed by atoms with E-state index in [1.807, 2.05) is 6.92 Å². The van der Waals surface area contributed by atoms with Gasteiger partial charge in [0.1, 0.15) is 0 Å². The zero-order valence-electron chi connectivity index (χ0n) is 11.8. The fourth-order valence-electron chi connectivity index (χ4n) is 1.96. The van der Waals surface area contributed by atoms with Gasteiger partial charge in [-0.2, -0.15) is 15.0 Å². The molecule has 4 N–H and O–H groups in total. The highest BCUT2D eigenvalue weighted by Crippen LogP contribution is 2.16. The Labute approximate surface area is 118 Å². The molecular weight excluding hydrogens is 260 g/mol. The van der Waals surface area contributed by atoms with Crippen molar-refractivity contribution in [2.45, 2.75) is 26.2 Å². The number of hydrazine groups is 1. The molecule has 0 amide bonds. The predicted octanol–water partition coefficient (Wildman–Crippen LogP) is 0.784. The summed E-state index contributed by atoms with van der Waals surface area (Å²) in [6.07, 6.45) is 3.04. The van der Waals surface area contributed by atoms with E-state index >= 15 is 0 Å². The van der Waals surface area contributed by atoms with E-state index in [2.05, 4.69) is 25.7 Å². The summed E-state index contributed by atoms with van der Waals surface area (Å²) in [5, 5.41) is 3.17. The summed E-state index contributed by atoms with van der Waals surface area (Å²) in [6, 6.07) is 0.279. The number of anilines is 2. The summed E-state index contributed by atoms with van der Waals surface area (Å²) < 4.78 is 10.7. The first-order valence-electron chi connectivity index (χ1n) is 6.99. The van der Waals surface area contributed by atoms with Crippen molar-refractivity contribution in [3.8, 4) is 6.01 Å². The van der Waals surface area contributed by atoms with Gasteiger partial charge in [0, 0.05) is 19.8 Å². The highest BCUT2D eigenvalue weighted by atomic mass is 16.5. The normalized spacial score (nSPS) is 18.0. The third kappa shape index (κ3) is 4.46. The molecule has 1 unspecified atom stereocenters. The van der Waals surface area contributed by atoms with Gasteiger partial charge in [0.05, 0.1) is 6.61 Å². The molecule has 8 nitrogen and oxygen atoms in total. The number of hydrogen-bond acceptors (Lipinski definition) is 8. The van der Waals surface area contributed by atoms with Crippen LogP contribution in [0.5, 0.6) is 6.01 Å². The minimum absolute atomic E-state index is 0.279. The van der Waals surface area contributed by atoms with Crippen LogP contribution in [0, 0.1) is 5.92 Å². The number of aromatic nitrogens is 3. The predicted molar refractivity (Wildman–Crippen MR) is 75.5 cm³/mol. The molecule has 0 aliphatic carbocycles. The van der Waals surface area contributed by atoms with Crippen LogP contribution in [0.2, 0.25) is 0 Å². The van der Waals surface area contributed by atoms with Crippen LogP contribution < -0.4 is 21.3 Å². The Morgan fingerprint density at radius 3 is 2.90 bits per heavy atom. The number of nitrogen functional groups attached to an aromatic ring is 1. The SMILES string of the molecule is CCCOc1nc(NN)nc(NCCC2CCOC2)n1. The van der Waals surface area contributed by atoms with Gasteiger partial charge in [0.25, 0.3) is 0 Å². The first-order valence-corrected chi connectivity index (χ1v) is 6.99. The molecule has 2 rings (SSSR count). The third-order valence-corrected chi connectivity index (χ3v) is 3.04. The van der Waals surface area contributed by atoms with Gasteiger partial charge in [-0.05, 0) is 25.2 Å². The van der Waals surface area contributed by atoms with Gasteiger partial charge >= 0.3 is 6.01 Å². The lowest BCUT2D eigenvalue weighted by Crippen LogP contribution is -2.16. The maximum atomic E-state index is 5.40. The van der Waals surface area contributed by atoms with Crippen LogP contribution in [-0.2, 0) is 4.74 Å². The number of hydrogen-bond donors (Lipinski definition) is 3. The standard InChI is InChI=1S/C12H22N6O2/c1-2-6-20-12-16-10(15-11(17-12)18-13)14-5-3-9-4-7-19-8-9/h9H,2-8,13H2,1H3,(H2,14,15,16,17,18). The molecule has 1 fully saturated rings. The summed E-state index contributed by atoms with van der Waals surface area (Å²) in [7, 11) is 0. The first kappa shape index (κ1) is 14.7. The smallest absolute Gasteiger partial charge is 0.323 e. The lowest BCUT2D eigenvalue weighted by Gasteiger charge is -2.10. The zero-order valence-corrected chi connectivity index (χ0v) is 11.8. The molecule has 0 saturated carbocycles. The molecular formula is C12H22N6O2. The van der Waals surface area contributed by atoms with E-state index in [0.717, 1.165) is 39.0 Å². The summed E-state index contributed by atoms with van der Waals surface area (Å²) in [4.78, 5) is 12.4. The van der Waals surface area contributed by atoms with E-state index in [1.165, 1.54) is 0 Å². The Hall–Kier alpha value is -1.67. The van der Waals surface area contributed by atoms with Crippen molar-refractivity contribution >= 4 is 11.9 Å². The number of nitrogens with zero attached hydrogens (tertiary/aromatic N) is 3. The van der Waals surface area contributed by atoms with Gasteiger partial charge in [-0.1, -0.05) is 6.92 Å². The lowest BCUT2D eigenvalue weighted by molar-refractivity contribution is 0.185. The average Bonchev–Trinajstić information content (AvgIpc) is 2.98. The number of nitrogens with one attached hydrogen (secondary N) is 2. The van der Waals surface area contributed by atoms with Gasteiger partial charge in [0.15, 0.2) is 0 Å². The summed E-state index contributed by atoms with van der Waals surface area (Å²) >= 11 is 0. The second-order valence-corrected chi connectivity index (χ2v) is 4.70. The van der Waals surface area contributed by atoms with Crippen molar-refractivity contribution in [3.63, 3.8) is 0 Å². The van der Waals surface area contributed by atoms with Crippen molar-refractivity contribution in [2.75, 3.05) is 37.1 Å². The van der Waals surface area contributed by atoms with E-state index < -0.39 is 0 Å². The largest absolute Gasteiger partial charge is 0.463 e. The van der Waals surface area contributed by atoms with E-state index in [0.29, 0.717) is 18.5 Å². The van der Waals surface area contributed by atoms with Crippen molar-refractivity contribution in [1.29, 1.82) is 0 Å². The zero-order chi connectivity index (χ0) is 14.2. The van der Waals surface area contributed by atoms with Crippen LogP contribution in [0.1, 0.15) is 26.2 Å². The maximum Gasteiger partial charge on any atom is 0.323 e. The molecule has 1 aliphatic heterocycles. The maximum absolute atomic E-state index is 5.40. The molecule has 0 spiro atoms. The molecule has 1 aliphatic rings. The molecule has 2 heterocycles. The number of rotatable bonds is 8. The Kier molecular flexibility index (Phi) is 5.75. The monoisotopic (exact) mass is 282 g/mol. The van der Waals surface area contributed by atoms with Crippen LogP contribution >= 0.6 is 0 Å². The molecule has 0 bridgehead atoms. The molecule has 1 aromatic rings. The minimum Gasteiger partial charge on any atom is -0.463 e. The topological polar surface area (TPSA) is 107 Å². The van der Waals surface area contributed by atoms with Crippen molar-refractivity contribution < 1.29 is 9.47 Å². The van der Waals surface area contributed by atoms with Crippen molar-refractivity contribution in [3.05, 3.63) is 0 Å². The summed E-state index contributed by atoms with van der Waals surface area (Å²) in [5.41, 5.74) is 2.41. The molecule has 1 atom stereocenters. The van der Waals surface area contributed by atoms with E-state index in [1.54, 1.807) is 0 Å². The molecule has 8 heteroatoms. The molecule has 1 aromatic heterocycles. The van der Waals surface area contributed by atoms with E-state index in [-0.39, 0.29) is 12.0 Å². The molecule has 0 radical (unpaired) electrons. The van der Waals surface area contributed by atoms with Gasteiger partial charge in [-0.3, -0.25) is 5.43 Å². The van der Waals surface area contributed by atoms with Gasteiger partial charge in [-0.15, -0.1) is 0 Å². The second-order valence-electron chi connectivity index (χ2n) is 4.70. The molecule has 1 saturated heterocycles. The lowest BCUT2D eigenvalue weighted by atomic mass is 10.1. The van der Waals surface area contributed by atoms with Crippen LogP contribution in [0.4, 0.5) is 11.9 Å². The van der Waals surface area contributed by atoms with Crippen molar-refractivity contribution in [2.24, 2.45) is 11.8 Å². The highest BCUT2D eigenvalue weighted by Gasteiger charge is 2.15. The van der Waals surface area contributed by atoms with Crippen LogP contribution in [0.25, 0.3) is 0 Å². The van der Waals surface area contributed by atoms with Gasteiger partial charge < -0.3 is 14.8 Å². The van der Waals surface area contributed by atoms with Crippen LogP contribution in [0.3, 0.4) is 0 Å². The fourth-order valence-corrected chi connectivity index (χ4v) is 1.96. The minimum atomic E-state index is 0.279. The number of ether oxygens (including phenoxy) is 2. The Bertz CT molecular complexity index is 411. The summed E-state index contributed by atoms with van der Waals surface area (Å²) in [5.74, 6) is 6.72. The summed E-state index contributed by atoms with van der Waals surface area (Å²) in [6.45, 7) is 5.08. The van der Waals surface area contributed by atoms with Gasteiger partial charge in [0.2, 0.25) is 11.9 Å². The van der Waals surface area contributed by atoms with Crippen LogP contribution in [-0.4, -0.2) is 41.3 Å². The number of nitrogens with two attached hydrogens (primary N) is 1. The van der Waals surface area contributed by atoms with Crippen LogP contribution in [0.15, 0.2) is 0 Å². The molecule has 112 valence electrons. The van der Waals surface area contributed by atoms with Crippen molar-refractivity contribution in [1.82, 2.24) is 15.0 Å². The first-order chi connectivity index (χ1) is 9.81. The fraction of sp³-hybridized carbons (Fsp3) is 0.750. The third-order valence-electron chi connectivity index (χ3n) is 3.04.